The Morgan fingerprint density at radius 1 is 1.20 bits per heavy atom. The summed E-state index contributed by atoms with van der Waals surface area (Å²) in [6, 6.07) is 4.03. The fourth-order valence-corrected chi connectivity index (χ4v) is 1.65. The molecule has 0 aliphatic rings. The van der Waals surface area contributed by atoms with Crippen molar-refractivity contribution < 1.29 is 14.6 Å². The van der Waals surface area contributed by atoms with E-state index in [1.54, 1.807) is 14.2 Å². The number of hydrogen-bond acceptors (Lipinski definition) is 3. The first-order chi connectivity index (χ1) is 7.22. The van der Waals surface area contributed by atoms with Gasteiger partial charge < -0.3 is 14.6 Å². The van der Waals surface area contributed by atoms with Gasteiger partial charge in [-0.2, -0.15) is 0 Å². The first kappa shape index (κ1) is 11.9. The van der Waals surface area contributed by atoms with Crippen LogP contribution in [0.25, 0.3) is 0 Å². The quantitative estimate of drug-likeness (QED) is 0.807. The van der Waals surface area contributed by atoms with Crippen LogP contribution in [0.4, 0.5) is 0 Å². The molecular weight excluding hydrogens is 192 g/mol. The molecule has 84 valence electrons. The van der Waals surface area contributed by atoms with Crippen molar-refractivity contribution in [2.45, 2.75) is 19.8 Å². The van der Waals surface area contributed by atoms with Gasteiger partial charge in [0.25, 0.3) is 0 Å². The summed E-state index contributed by atoms with van der Waals surface area (Å²) in [7, 11) is 3.27. The highest BCUT2D eigenvalue weighted by Gasteiger charge is 2.08. The molecule has 15 heavy (non-hydrogen) atoms. The molecule has 0 saturated carbocycles. The number of benzene rings is 1. The molecule has 1 rings (SSSR count). The van der Waals surface area contributed by atoms with Crippen molar-refractivity contribution in [3.05, 3.63) is 23.3 Å². The largest absolute Gasteiger partial charge is 0.493 e. The average Bonchev–Trinajstić information content (AvgIpc) is 2.25. The van der Waals surface area contributed by atoms with Gasteiger partial charge in [-0.05, 0) is 37.0 Å². The maximum atomic E-state index is 8.77. The zero-order valence-corrected chi connectivity index (χ0v) is 9.54. The standard InChI is InChI=1S/C12H18O3/c1-9-7-10(5-4-6-13)8-11(14-2)12(9)15-3/h7-8,13H,4-6H2,1-3H3. The minimum Gasteiger partial charge on any atom is -0.493 e. The summed E-state index contributed by atoms with van der Waals surface area (Å²) in [5, 5.41) is 8.77. The molecule has 0 heterocycles. The van der Waals surface area contributed by atoms with E-state index in [4.69, 9.17) is 14.6 Å². The van der Waals surface area contributed by atoms with Crippen LogP contribution in [0.5, 0.6) is 11.5 Å². The fraction of sp³-hybridized carbons (Fsp3) is 0.500. The van der Waals surface area contributed by atoms with Gasteiger partial charge in [-0.3, -0.25) is 0 Å². The van der Waals surface area contributed by atoms with Crippen molar-refractivity contribution in [1.82, 2.24) is 0 Å². The Bertz CT molecular complexity index is 321. The summed E-state index contributed by atoms with van der Waals surface area (Å²) < 4.78 is 10.5. The maximum absolute atomic E-state index is 8.77. The molecule has 0 atom stereocenters. The van der Waals surface area contributed by atoms with Crippen molar-refractivity contribution in [1.29, 1.82) is 0 Å². The number of aliphatic hydroxyl groups excluding tert-OH is 1. The molecule has 1 N–H and O–H groups in total. The van der Waals surface area contributed by atoms with E-state index in [0.29, 0.717) is 0 Å². The molecule has 0 aromatic heterocycles. The molecule has 0 saturated heterocycles. The maximum Gasteiger partial charge on any atom is 0.163 e. The molecule has 0 fully saturated rings. The van der Waals surface area contributed by atoms with Crippen LogP contribution in [0.1, 0.15) is 17.5 Å². The zero-order chi connectivity index (χ0) is 11.3. The second-order valence-electron chi connectivity index (χ2n) is 3.48. The first-order valence-electron chi connectivity index (χ1n) is 5.05. The van der Waals surface area contributed by atoms with E-state index in [1.807, 2.05) is 13.0 Å². The number of rotatable bonds is 5. The third-order valence-electron chi connectivity index (χ3n) is 2.35. The minimum atomic E-state index is 0.216. The van der Waals surface area contributed by atoms with E-state index >= 15 is 0 Å². The van der Waals surface area contributed by atoms with Gasteiger partial charge in [-0.15, -0.1) is 0 Å². The van der Waals surface area contributed by atoms with E-state index in [1.165, 1.54) is 5.56 Å². The molecule has 0 amide bonds. The molecule has 3 heteroatoms. The first-order valence-corrected chi connectivity index (χ1v) is 5.05. The van der Waals surface area contributed by atoms with E-state index in [-0.39, 0.29) is 6.61 Å². The number of aliphatic hydroxyl groups is 1. The van der Waals surface area contributed by atoms with E-state index in [9.17, 15) is 0 Å². The van der Waals surface area contributed by atoms with Gasteiger partial charge >= 0.3 is 0 Å². The van der Waals surface area contributed by atoms with Crippen molar-refractivity contribution >= 4 is 0 Å². The van der Waals surface area contributed by atoms with E-state index in [0.717, 1.165) is 29.9 Å². The lowest BCUT2D eigenvalue weighted by Crippen LogP contribution is -1.97. The fourth-order valence-electron chi connectivity index (χ4n) is 1.65. The summed E-state index contributed by atoms with van der Waals surface area (Å²) in [6.07, 6.45) is 1.63. The normalized spacial score (nSPS) is 10.1. The predicted octanol–water partition coefficient (Wildman–Crippen LogP) is 1.94. The van der Waals surface area contributed by atoms with Crippen LogP contribution >= 0.6 is 0 Å². The lowest BCUT2D eigenvalue weighted by atomic mass is 10.1. The van der Waals surface area contributed by atoms with Crippen LogP contribution < -0.4 is 9.47 Å². The van der Waals surface area contributed by atoms with Gasteiger partial charge in [0.1, 0.15) is 0 Å². The Morgan fingerprint density at radius 3 is 2.47 bits per heavy atom. The van der Waals surface area contributed by atoms with E-state index < -0.39 is 0 Å². The Balaban J connectivity index is 2.97. The zero-order valence-electron chi connectivity index (χ0n) is 9.54. The molecule has 0 aliphatic heterocycles. The third kappa shape index (κ3) is 2.86. The molecule has 1 aromatic carbocycles. The van der Waals surface area contributed by atoms with Crippen molar-refractivity contribution in [2.24, 2.45) is 0 Å². The van der Waals surface area contributed by atoms with Crippen molar-refractivity contribution in [2.75, 3.05) is 20.8 Å². The lowest BCUT2D eigenvalue weighted by Gasteiger charge is -2.12. The van der Waals surface area contributed by atoms with Crippen molar-refractivity contribution in [3.8, 4) is 11.5 Å². The summed E-state index contributed by atoms with van der Waals surface area (Å²) >= 11 is 0. The summed E-state index contributed by atoms with van der Waals surface area (Å²) in [4.78, 5) is 0. The van der Waals surface area contributed by atoms with Gasteiger partial charge in [0.2, 0.25) is 0 Å². The molecular formula is C12H18O3. The Hall–Kier alpha value is -1.22. The van der Waals surface area contributed by atoms with Gasteiger partial charge in [-0.1, -0.05) is 6.07 Å². The lowest BCUT2D eigenvalue weighted by molar-refractivity contribution is 0.288. The molecule has 0 bridgehead atoms. The highest BCUT2D eigenvalue weighted by atomic mass is 16.5. The topological polar surface area (TPSA) is 38.7 Å². The van der Waals surface area contributed by atoms with Gasteiger partial charge in [0.15, 0.2) is 11.5 Å². The Labute approximate surface area is 90.6 Å². The number of methoxy groups -OCH3 is 2. The highest BCUT2D eigenvalue weighted by Crippen LogP contribution is 2.32. The minimum absolute atomic E-state index is 0.216. The summed E-state index contributed by atoms with van der Waals surface area (Å²) in [5.41, 5.74) is 2.23. The second-order valence-corrected chi connectivity index (χ2v) is 3.48. The molecule has 0 spiro atoms. The number of ether oxygens (including phenoxy) is 2. The summed E-state index contributed by atoms with van der Waals surface area (Å²) in [5.74, 6) is 1.54. The molecule has 0 aliphatic carbocycles. The molecule has 0 unspecified atom stereocenters. The molecule has 1 aromatic rings. The van der Waals surface area contributed by atoms with Gasteiger partial charge in [-0.25, -0.2) is 0 Å². The van der Waals surface area contributed by atoms with Crippen LogP contribution in [0.15, 0.2) is 12.1 Å². The predicted molar refractivity (Wildman–Crippen MR) is 59.7 cm³/mol. The number of hydrogen-bond donors (Lipinski definition) is 1. The van der Waals surface area contributed by atoms with Gasteiger partial charge in [0.05, 0.1) is 14.2 Å². The number of aryl methyl sites for hydroxylation is 2. The summed E-state index contributed by atoms with van der Waals surface area (Å²) in [6.45, 7) is 2.21. The van der Waals surface area contributed by atoms with Gasteiger partial charge in [0, 0.05) is 6.61 Å². The van der Waals surface area contributed by atoms with Crippen LogP contribution in [-0.2, 0) is 6.42 Å². The van der Waals surface area contributed by atoms with Crippen molar-refractivity contribution in [3.63, 3.8) is 0 Å². The van der Waals surface area contributed by atoms with Crippen LogP contribution in [0.2, 0.25) is 0 Å². The average molecular weight is 210 g/mol. The molecule has 0 radical (unpaired) electrons. The van der Waals surface area contributed by atoms with Crippen LogP contribution in [0, 0.1) is 6.92 Å². The van der Waals surface area contributed by atoms with Crippen LogP contribution in [-0.4, -0.2) is 25.9 Å². The Morgan fingerprint density at radius 2 is 1.93 bits per heavy atom. The smallest absolute Gasteiger partial charge is 0.163 e. The second kappa shape index (κ2) is 5.61. The third-order valence-corrected chi connectivity index (χ3v) is 2.35. The van der Waals surface area contributed by atoms with E-state index in [2.05, 4.69) is 6.07 Å². The Kier molecular flexibility index (Phi) is 4.43. The van der Waals surface area contributed by atoms with Crippen LogP contribution in [0.3, 0.4) is 0 Å². The monoisotopic (exact) mass is 210 g/mol. The molecule has 3 nitrogen and oxygen atoms in total. The SMILES string of the molecule is COc1cc(CCCO)cc(C)c1OC. The highest BCUT2D eigenvalue weighted by molar-refractivity contribution is 5.48.